The first-order valence-corrected chi connectivity index (χ1v) is 7.47. The van der Waals surface area contributed by atoms with Crippen LogP contribution >= 0.6 is 11.8 Å². The SMILES string of the molecule is CCCC(=N)C(=O)c1ccc(Sc2ccccc2)cc1. The van der Waals surface area contributed by atoms with E-state index in [1.807, 2.05) is 37.3 Å². The highest BCUT2D eigenvalue weighted by atomic mass is 32.2. The Kier molecular flexibility index (Phi) is 5.13. The van der Waals surface area contributed by atoms with Crippen molar-refractivity contribution in [3.05, 3.63) is 60.2 Å². The van der Waals surface area contributed by atoms with Gasteiger partial charge in [0.05, 0.1) is 5.71 Å². The van der Waals surface area contributed by atoms with Crippen molar-refractivity contribution in [3.63, 3.8) is 0 Å². The van der Waals surface area contributed by atoms with E-state index >= 15 is 0 Å². The Morgan fingerprint density at radius 3 is 2.20 bits per heavy atom. The lowest BCUT2D eigenvalue weighted by Gasteiger charge is -2.04. The van der Waals surface area contributed by atoms with E-state index in [1.165, 1.54) is 4.90 Å². The molecule has 0 aliphatic carbocycles. The molecule has 0 aliphatic rings. The van der Waals surface area contributed by atoms with Crippen LogP contribution in [0.2, 0.25) is 0 Å². The van der Waals surface area contributed by atoms with Crippen LogP contribution in [0.3, 0.4) is 0 Å². The molecule has 0 heterocycles. The fraction of sp³-hybridized carbons (Fsp3) is 0.176. The van der Waals surface area contributed by atoms with Gasteiger partial charge in [0.15, 0.2) is 0 Å². The van der Waals surface area contributed by atoms with Crippen LogP contribution in [0.25, 0.3) is 0 Å². The van der Waals surface area contributed by atoms with Gasteiger partial charge in [0.25, 0.3) is 0 Å². The fourth-order valence-corrected chi connectivity index (χ4v) is 2.67. The van der Waals surface area contributed by atoms with E-state index < -0.39 is 0 Å². The zero-order valence-electron chi connectivity index (χ0n) is 11.4. The molecule has 3 heteroatoms. The molecule has 0 fully saturated rings. The van der Waals surface area contributed by atoms with E-state index in [9.17, 15) is 4.79 Å². The average molecular weight is 283 g/mol. The zero-order valence-corrected chi connectivity index (χ0v) is 12.2. The molecule has 0 atom stereocenters. The maximum atomic E-state index is 12.0. The third-order valence-electron chi connectivity index (χ3n) is 2.87. The normalized spacial score (nSPS) is 10.2. The second-order valence-electron chi connectivity index (χ2n) is 4.50. The van der Waals surface area contributed by atoms with Crippen molar-refractivity contribution in [1.82, 2.24) is 0 Å². The molecule has 0 radical (unpaired) electrons. The van der Waals surface area contributed by atoms with E-state index in [1.54, 1.807) is 23.9 Å². The van der Waals surface area contributed by atoms with E-state index in [-0.39, 0.29) is 11.5 Å². The van der Waals surface area contributed by atoms with Gasteiger partial charge in [-0.15, -0.1) is 0 Å². The lowest BCUT2D eigenvalue weighted by molar-refractivity contribution is 0.106. The molecule has 0 amide bonds. The van der Waals surface area contributed by atoms with Crippen molar-refractivity contribution >= 4 is 23.3 Å². The van der Waals surface area contributed by atoms with Gasteiger partial charge in [-0.1, -0.05) is 43.3 Å². The second-order valence-corrected chi connectivity index (χ2v) is 5.64. The Hall–Kier alpha value is -1.87. The molecule has 102 valence electrons. The van der Waals surface area contributed by atoms with Crippen molar-refractivity contribution in [2.75, 3.05) is 0 Å². The highest BCUT2D eigenvalue weighted by Crippen LogP contribution is 2.27. The maximum absolute atomic E-state index is 12.0. The Morgan fingerprint density at radius 2 is 1.60 bits per heavy atom. The Bertz CT molecular complexity index is 590. The van der Waals surface area contributed by atoms with E-state index in [0.717, 1.165) is 11.3 Å². The molecule has 0 saturated heterocycles. The Labute approximate surface area is 123 Å². The number of hydrogen-bond acceptors (Lipinski definition) is 3. The van der Waals surface area contributed by atoms with Crippen LogP contribution in [-0.2, 0) is 0 Å². The van der Waals surface area contributed by atoms with Gasteiger partial charge in [0.1, 0.15) is 0 Å². The number of ketones is 1. The summed E-state index contributed by atoms with van der Waals surface area (Å²) in [7, 11) is 0. The molecule has 20 heavy (non-hydrogen) atoms. The molecule has 0 aliphatic heterocycles. The predicted octanol–water partition coefficient (Wildman–Crippen LogP) is 4.84. The highest BCUT2D eigenvalue weighted by Gasteiger charge is 2.11. The molecular weight excluding hydrogens is 266 g/mol. The van der Waals surface area contributed by atoms with Crippen molar-refractivity contribution in [2.24, 2.45) is 0 Å². The topological polar surface area (TPSA) is 40.9 Å². The number of hydrogen-bond donors (Lipinski definition) is 1. The number of carbonyl (C=O) groups is 1. The van der Waals surface area contributed by atoms with Gasteiger partial charge < -0.3 is 5.41 Å². The minimum Gasteiger partial charge on any atom is -0.301 e. The largest absolute Gasteiger partial charge is 0.301 e. The first-order chi connectivity index (χ1) is 9.70. The summed E-state index contributed by atoms with van der Waals surface area (Å²) in [5, 5.41) is 7.71. The van der Waals surface area contributed by atoms with Crippen LogP contribution in [0, 0.1) is 5.41 Å². The number of rotatable bonds is 6. The molecule has 2 nitrogen and oxygen atoms in total. The van der Waals surface area contributed by atoms with Crippen LogP contribution in [0.4, 0.5) is 0 Å². The fourth-order valence-electron chi connectivity index (χ4n) is 1.84. The molecule has 0 spiro atoms. The van der Waals surface area contributed by atoms with Crippen molar-refractivity contribution in [3.8, 4) is 0 Å². The summed E-state index contributed by atoms with van der Waals surface area (Å²) in [5.74, 6) is -0.164. The van der Waals surface area contributed by atoms with Crippen molar-refractivity contribution in [2.45, 2.75) is 29.6 Å². The minimum absolute atomic E-state index is 0.164. The van der Waals surface area contributed by atoms with Gasteiger partial charge in [-0.3, -0.25) is 4.79 Å². The highest BCUT2D eigenvalue weighted by molar-refractivity contribution is 7.99. The Morgan fingerprint density at radius 1 is 1.00 bits per heavy atom. The molecule has 2 aromatic carbocycles. The van der Waals surface area contributed by atoms with Crippen LogP contribution in [0.5, 0.6) is 0 Å². The number of nitrogens with one attached hydrogen (secondary N) is 1. The lowest BCUT2D eigenvalue weighted by Crippen LogP contribution is -2.12. The van der Waals surface area contributed by atoms with Crippen molar-refractivity contribution < 1.29 is 4.79 Å². The molecule has 0 unspecified atom stereocenters. The third kappa shape index (κ3) is 3.81. The lowest BCUT2D eigenvalue weighted by atomic mass is 10.0. The predicted molar refractivity (Wildman–Crippen MR) is 84.0 cm³/mol. The maximum Gasteiger partial charge on any atom is 0.206 e. The first kappa shape index (κ1) is 14.5. The smallest absolute Gasteiger partial charge is 0.206 e. The molecule has 2 aromatic rings. The molecule has 1 N–H and O–H groups in total. The zero-order chi connectivity index (χ0) is 14.4. The summed E-state index contributed by atoms with van der Waals surface area (Å²) >= 11 is 1.66. The van der Waals surface area contributed by atoms with E-state index in [4.69, 9.17) is 5.41 Å². The summed E-state index contributed by atoms with van der Waals surface area (Å²) < 4.78 is 0. The van der Waals surface area contributed by atoms with Gasteiger partial charge in [-0.05, 0) is 42.8 Å². The second kappa shape index (κ2) is 7.06. The van der Waals surface area contributed by atoms with Crippen LogP contribution in [0.1, 0.15) is 30.1 Å². The summed E-state index contributed by atoms with van der Waals surface area (Å²) in [6.45, 7) is 1.97. The average Bonchev–Trinajstić information content (AvgIpc) is 2.48. The summed E-state index contributed by atoms with van der Waals surface area (Å²) in [6, 6.07) is 17.6. The number of benzene rings is 2. The number of carbonyl (C=O) groups excluding carboxylic acids is 1. The molecule has 0 aromatic heterocycles. The number of Topliss-reactive ketones (excluding diaryl/α,β-unsaturated/α-hetero) is 1. The summed E-state index contributed by atoms with van der Waals surface area (Å²) in [5.41, 5.74) is 0.789. The minimum atomic E-state index is -0.164. The molecule has 2 rings (SSSR count). The van der Waals surface area contributed by atoms with Crippen LogP contribution < -0.4 is 0 Å². The van der Waals surface area contributed by atoms with Gasteiger partial charge in [-0.2, -0.15) is 0 Å². The standard InChI is InChI=1S/C17H17NOS/c1-2-6-16(18)17(19)13-9-11-15(12-10-13)20-14-7-4-3-5-8-14/h3-5,7-12,18H,2,6H2,1H3. The van der Waals surface area contributed by atoms with Gasteiger partial charge >= 0.3 is 0 Å². The van der Waals surface area contributed by atoms with E-state index in [2.05, 4.69) is 12.1 Å². The summed E-state index contributed by atoms with van der Waals surface area (Å²) in [4.78, 5) is 14.2. The van der Waals surface area contributed by atoms with Gasteiger partial charge in [0, 0.05) is 15.4 Å². The van der Waals surface area contributed by atoms with Crippen LogP contribution in [0.15, 0.2) is 64.4 Å². The van der Waals surface area contributed by atoms with E-state index in [0.29, 0.717) is 12.0 Å². The third-order valence-corrected chi connectivity index (χ3v) is 3.89. The molecule has 0 bridgehead atoms. The first-order valence-electron chi connectivity index (χ1n) is 6.66. The monoisotopic (exact) mass is 283 g/mol. The molecule has 0 saturated carbocycles. The van der Waals surface area contributed by atoms with Gasteiger partial charge in [-0.25, -0.2) is 0 Å². The quantitative estimate of drug-likeness (QED) is 0.608. The van der Waals surface area contributed by atoms with Gasteiger partial charge in [0.2, 0.25) is 5.78 Å². The summed E-state index contributed by atoms with van der Waals surface area (Å²) in [6.07, 6.45) is 1.37. The van der Waals surface area contributed by atoms with Crippen LogP contribution in [-0.4, -0.2) is 11.5 Å². The van der Waals surface area contributed by atoms with Crippen molar-refractivity contribution in [1.29, 1.82) is 5.41 Å². The molecular formula is C17H17NOS. The Balaban J connectivity index is 2.07.